The van der Waals surface area contributed by atoms with Crippen LogP contribution < -0.4 is 5.90 Å². The minimum atomic E-state index is -0.249. The molecular weight excluding hydrogens is 228 g/mol. The van der Waals surface area contributed by atoms with Gasteiger partial charge in [-0.15, -0.1) is 0 Å². The van der Waals surface area contributed by atoms with Crippen molar-refractivity contribution in [2.75, 3.05) is 6.61 Å². The molecule has 0 radical (unpaired) electrons. The molecule has 0 aromatic carbocycles. The highest BCUT2D eigenvalue weighted by atomic mass is 35.5. The van der Waals surface area contributed by atoms with Crippen molar-refractivity contribution in [2.24, 2.45) is 5.90 Å². The lowest BCUT2D eigenvalue weighted by Crippen LogP contribution is -2.26. The van der Waals surface area contributed by atoms with Crippen molar-refractivity contribution in [3.8, 4) is 0 Å². The monoisotopic (exact) mass is 240 g/mol. The Labute approximate surface area is 97.9 Å². The normalized spacial score (nSPS) is 12.2. The number of aromatic nitrogens is 3. The molecule has 2 aromatic rings. The van der Waals surface area contributed by atoms with E-state index < -0.39 is 0 Å². The summed E-state index contributed by atoms with van der Waals surface area (Å²) in [6.07, 6.45) is 3.29. The van der Waals surface area contributed by atoms with Crippen molar-refractivity contribution >= 4 is 22.6 Å². The summed E-state index contributed by atoms with van der Waals surface area (Å²) < 4.78 is 0. The lowest BCUT2D eigenvalue weighted by molar-refractivity contribution is 0.0969. The Morgan fingerprint density at radius 1 is 1.50 bits per heavy atom. The van der Waals surface area contributed by atoms with E-state index in [1.807, 2.05) is 20.0 Å². The molecule has 0 atom stereocenters. The van der Waals surface area contributed by atoms with Crippen LogP contribution in [-0.2, 0) is 10.3 Å². The molecule has 5 nitrogen and oxygen atoms in total. The second kappa shape index (κ2) is 4.01. The van der Waals surface area contributed by atoms with Crippen LogP contribution in [0.15, 0.2) is 12.5 Å². The number of hydrogen-bond donors (Lipinski definition) is 2. The van der Waals surface area contributed by atoms with E-state index >= 15 is 0 Å². The highest BCUT2D eigenvalue weighted by Crippen LogP contribution is 2.32. The second-order valence-corrected chi connectivity index (χ2v) is 4.64. The van der Waals surface area contributed by atoms with Crippen molar-refractivity contribution in [2.45, 2.75) is 19.3 Å². The Balaban J connectivity index is 2.61. The topological polar surface area (TPSA) is 76.8 Å². The Morgan fingerprint density at radius 3 is 2.94 bits per heavy atom. The molecule has 0 amide bonds. The first-order valence-electron chi connectivity index (χ1n) is 4.86. The van der Waals surface area contributed by atoms with E-state index in [0.717, 1.165) is 16.6 Å². The quantitative estimate of drug-likeness (QED) is 0.633. The van der Waals surface area contributed by atoms with Gasteiger partial charge in [0.2, 0.25) is 0 Å². The van der Waals surface area contributed by atoms with E-state index in [1.54, 1.807) is 0 Å². The van der Waals surface area contributed by atoms with Crippen LogP contribution in [0.3, 0.4) is 0 Å². The van der Waals surface area contributed by atoms with E-state index in [9.17, 15) is 0 Å². The third-order valence-corrected chi connectivity index (χ3v) is 2.88. The predicted molar refractivity (Wildman–Crippen MR) is 62.1 cm³/mol. The maximum atomic E-state index is 6.07. The SMILES string of the molecule is CC(C)(CON)c1c[nH]c2ncnc(Cl)c12. The minimum Gasteiger partial charge on any atom is -0.346 e. The summed E-state index contributed by atoms with van der Waals surface area (Å²) in [4.78, 5) is 15.9. The van der Waals surface area contributed by atoms with Crippen LogP contribution in [0.25, 0.3) is 11.0 Å². The number of nitrogens with zero attached hydrogens (tertiary/aromatic N) is 2. The summed E-state index contributed by atoms with van der Waals surface area (Å²) in [5.74, 6) is 5.13. The molecular formula is C10H13ClN4O. The maximum absolute atomic E-state index is 6.07. The van der Waals surface area contributed by atoms with Gasteiger partial charge in [0.1, 0.15) is 17.1 Å². The van der Waals surface area contributed by atoms with Crippen molar-refractivity contribution in [3.63, 3.8) is 0 Å². The first kappa shape index (κ1) is 11.3. The standard InChI is InChI=1S/C10H13ClN4O/c1-10(2,4-16-12)6-3-13-9-7(6)8(11)14-5-15-9/h3,5H,4,12H2,1-2H3,(H,13,14,15). The first-order valence-corrected chi connectivity index (χ1v) is 5.24. The van der Waals surface area contributed by atoms with Gasteiger partial charge in [0.05, 0.1) is 12.0 Å². The fourth-order valence-corrected chi connectivity index (χ4v) is 1.98. The Hall–Kier alpha value is -1.17. The third kappa shape index (κ3) is 1.77. The molecule has 0 bridgehead atoms. The number of halogens is 1. The van der Waals surface area contributed by atoms with Crippen molar-refractivity contribution in [1.82, 2.24) is 15.0 Å². The van der Waals surface area contributed by atoms with Crippen LogP contribution in [0.1, 0.15) is 19.4 Å². The molecule has 0 saturated heterocycles. The number of fused-ring (bicyclic) bond motifs is 1. The van der Waals surface area contributed by atoms with Gasteiger partial charge in [-0.3, -0.25) is 0 Å². The van der Waals surface area contributed by atoms with Gasteiger partial charge in [0, 0.05) is 11.6 Å². The smallest absolute Gasteiger partial charge is 0.142 e. The summed E-state index contributed by atoms with van der Waals surface area (Å²) in [5, 5.41) is 1.26. The number of hydrogen-bond acceptors (Lipinski definition) is 4. The van der Waals surface area contributed by atoms with Gasteiger partial charge in [-0.25, -0.2) is 15.9 Å². The van der Waals surface area contributed by atoms with Crippen molar-refractivity contribution in [1.29, 1.82) is 0 Å². The fourth-order valence-electron chi connectivity index (χ4n) is 1.74. The van der Waals surface area contributed by atoms with Gasteiger partial charge in [0.25, 0.3) is 0 Å². The van der Waals surface area contributed by atoms with Crippen LogP contribution in [0.5, 0.6) is 0 Å². The molecule has 0 aliphatic carbocycles. The molecule has 0 saturated carbocycles. The zero-order valence-electron chi connectivity index (χ0n) is 9.12. The average molecular weight is 241 g/mol. The van der Waals surface area contributed by atoms with Crippen LogP contribution in [0, 0.1) is 0 Å². The lowest BCUT2D eigenvalue weighted by Gasteiger charge is -2.22. The van der Waals surface area contributed by atoms with Crippen molar-refractivity contribution in [3.05, 3.63) is 23.2 Å². The number of H-pyrrole nitrogens is 1. The number of nitrogens with two attached hydrogens (primary N) is 1. The van der Waals surface area contributed by atoms with Gasteiger partial charge in [0.15, 0.2) is 0 Å². The van der Waals surface area contributed by atoms with E-state index in [1.165, 1.54) is 6.33 Å². The molecule has 6 heteroatoms. The number of nitrogens with one attached hydrogen (secondary N) is 1. The van der Waals surface area contributed by atoms with E-state index in [0.29, 0.717) is 11.8 Å². The van der Waals surface area contributed by atoms with Crippen LogP contribution in [0.4, 0.5) is 0 Å². The van der Waals surface area contributed by atoms with Gasteiger partial charge in [-0.05, 0) is 5.56 Å². The molecule has 0 unspecified atom stereocenters. The summed E-state index contributed by atoms with van der Waals surface area (Å²) in [5.41, 5.74) is 1.47. The molecule has 0 fully saturated rings. The first-order chi connectivity index (χ1) is 7.56. The predicted octanol–water partition coefficient (Wildman–Crippen LogP) is 1.78. The Morgan fingerprint density at radius 2 is 2.25 bits per heavy atom. The Kier molecular flexibility index (Phi) is 2.84. The van der Waals surface area contributed by atoms with E-state index in [2.05, 4.69) is 15.0 Å². The van der Waals surface area contributed by atoms with Gasteiger partial charge in [-0.2, -0.15) is 0 Å². The molecule has 16 heavy (non-hydrogen) atoms. The fraction of sp³-hybridized carbons (Fsp3) is 0.400. The summed E-state index contributed by atoms with van der Waals surface area (Å²) in [6, 6.07) is 0. The molecule has 2 heterocycles. The van der Waals surface area contributed by atoms with Crippen LogP contribution in [0.2, 0.25) is 5.15 Å². The molecule has 2 rings (SSSR count). The van der Waals surface area contributed by atoms with Gasteiger partial charge in [-0.1, -0.05) is 25.4 Å². The maximum Gasteiger partial charge on any atom is 0.142 e. The highest BCUT2D eigenvalue weighted by molar-refractivity contribution is 6.34. The zero-order chi connectivity index (χ0) is 11.8. The zero-order valence-corrected chi connectivity index (χ0v) is 9.88. The second-order valence-electron chi connectivity index (χ2n) is 4.29. The molecule has 86 valence electrons. The molecule has 0 aliphatic rings. The van der Waals surface area contributed by atoms with Crippen LogP contribution >= 0.6 is 11.6 Å². The highest BCUT2D eigenvalue weighted by Gasteiger charge is 2.26. The number of aromatic amines is 1. The third-order valence-electron chi connectivity index (χ3n) is 2.60. The average Bonchev–Trinajstić information content (AvgIpc) is 2.63. The van der Waals surface area contributed by atoms with E-state index in [-0.39, 0.29) is 5.41 Å². The molecule has 0 aliphatic heterocycles. The minimum absolute atomic E-state index is 0.249. The molecule has 3 N–H and O–H groups in total. The van der Waals surface area contributed by atoms with Crippen LogP contribution in [-0.4, -0.2) is 21.6 Å². The number of rotatable bonds is 3. The molecule has 2 aromatic heterocycles. The van der Waals surface area contributed by atoms with E-state index in [4.69, 9.17) is 22.3 Å². The van der Waals surface area contributed by atoms with Gasteiger partial charge < -0.3 is 9.82 Å². The largest absolute Gasteiger partial charge is 0.346 e. The summed E-state index contributed by atoms with van der Waals surface area (Å²) in [6.45, 7) is 4.43. The van der Waals surface area contributed by atoms with Gasteiger partial charge >= 0.3 is 0 Å². The summed E-state index contributed by atoms with van der Waals surface area (Å²) >= 11 is 6.07. The molecule has 0 spiro atoms. The van der Waals surface area contributed by atoms with Crippen molar-refractivity contribution < 1.29 is 4.84 Å². The lowest BCUT2D eigenvalue weighted by atomic mass is 9.86. The Bertz CT molecular complexity index is 508. The summed E-state index contributed by atoms with van der Waals surface area (Å²) in [7, 11) is 0.